The SMILES string of the molecule is O=c1[nH]c(=O)n(P2(=O)OCCCO2)cc1F. The summed E-state index contributed by atoms with van der Waals surface area (Å²) in [5, 5.41) is 0. The molecule has 1 aliphatic heterocycles. The van der Waals surface area contributed by atoms with Crippen LogP contribution >= 0.6 is 7.75 Å². The molecule has 0 bridgehead atoms. The molecule has 1 fully saturated rings. The van der Waals surface area contributed by atoms with Crippen LogP contribution in [0, 0.1) is 5.82 Å². The van der Waals surface area contributed by atoms with Crippen molar-refractivity contribution in [1.29, 1.82) is 0 Å². The van der Waals surface area contributed by atoms with Gasteiger partial charge in [0.2, 0.25) is 5.82 Å². The summed E-state index contributed by atoms with van der Waals surface area (Å²) >= 11 is 0. The minimum atomic E-state index is -3.86. The molecule has 7 nitrogen and oxygen atoms in total. The lowest BCUT2D eigenvalue weighted by Crippen LogP contribution is -2.32. The zero-order valence-corrected chi connectivity index (χ0v) is 8.91. The van der Waals surface area contributed by atoms with E-state index in [2.05, 4.69) is 0 Å². The molecule has 1 saturated heterocycles. The Bertz CT molecular complexity index is 555. The molecule has 1 aliphatic rings. The number of hydrogen-bond acceptors (Lipinski definition) is 5. The van der Waals surface area contributed by atoms with Gasteiger partial charge in [-0.2, -0.15) is 4.39 Å². The maximum Gasteiger partial charge on any atom is 0.443 e. The third-order valence-electron chi connectivity index (χ3n) is 1.94. The van der Waals surface area contributed by atoms with Crippen LogP contribution in [0.5, 0.6) is 0 Å². The van der Waals surface area contributed by atoms with Crippen LogP contribution < -0.4 is 11.2 Å². The fourth-order valence-electron chi connectivity index (χ4n) is 1.20. The Labute approximate surface area is 88.4 Å². The van der Waals surface area contributed by atoms with E-state index in [0.717, 1.165) is 0 Å². The van der Waals surface area contributed by atoms with Crippen molar-refractivity contribution in [1.82, 2.24) is 9.32 Å². The Morgan fingerprint density at radius 2 is 2.00 bits per heavy atom. The number of aromatic nitrogens is 2. The molecule has 0 unspecified atom stereocenters. The summed E-state index contributed by atoms with van der Waals surface area (Å²) in [6.45, 7) is 0.287. The highest BCUT2D eigenvalue weighted by Gasteiger charge is 2.32. The molecule has 0 spiro atoms. The van der Waals surface area contributed by atoms with Gasteiger partial charge in [-0.25, -0.2) is 13.7 Å². The van der Waals surface area contributed by atoms with Gasteiger partial charge < -0.3 is 0 Å². The first-order valence-corrected chi connectivity index (χ1v) is 5.94. The molecular formula is C7H8FN2O5P. The Kier molecular flexibility index (Phi) is 2.79. The van der Waals surface area contributed by atoms with Gasteiger partial charge >= 0.3 is 13.4 Å². The van der Waals surface area contributed by atoms with Crippen LogP contribution in [0.1, 0.15) is 6.42 Å². The Hall–Kier alpha value is -1.24. The van der Waals surface area contributed by atoms with Crippen molar-refractivity contribution in [3.05, 3.63) is 32.9 Å². The van der Waals surface area contributed by atoms with Crippen LogP contribution in [0.4, 0.5) is 4.39 Å². The van der Waals surface area contributed by atoms with Crippen molar-refractivity contribution < 1.29 is 18.0 Å². The Balaban J connectivity index is 2.55. The zero-order chi connectivity index (χ0) is 11.8. The fourth-order valence-corrected chi connectivity index (χ4v) is 2.76. The van der Waals surface area contributed by atoms with Gasteiger partial charge in [0, 0.05) is 0 Å². The predicted octanol–water partition coefficient (Wildman–Crippen LogP) is 0.0688. The van der Waals surface area contributed by atoms with Gasteiger partial charge in [-0.15, -0.1) is 0 Å². The monoisotopic (exact) mass is 250 g/mol. The number of hydrogen-bond donors (Lipinski definition) is 1. The first-order valence-electron chi connectivity index (χ1n) is 4.44. The molecular weight excluding hydrogens is 242 g/mol. The predicted molar refractivity (Wildman–Crippen MR) is 50.8 cm³/mol. The summed E-state index contributed by atoms with van der Waals surface area (Å²) in [7, 11) is -3.86. The zero-order valence-electron chi connectivity index (χ0n) is 8.01. The average molecular weight is 250 g/mol. The fraction of sp³-hybridized carbons (Fsp3) is 0.429. The molecule has 1 aromatic rings. The number of nitrogens with zero attached hydrogens (tertiary/aromatic N) is 1. The lowest BCUT2D eigenvalue weighted by atomic mass is 10.5. The molecule has 1 N–H and O–H groups in total. The number of halogens is 1. The van der Waals surface area contributed by atoms with E-state index in [-0.39, 0.29) is 13.2 Å². The first-order chi connectivity index (χ1) is 7.53. The van der Waals surface area contributed by atoms with Gasteiger partial charge in [0.15, 0.2) is 0 Å². The van der Waals surface area contributed by atoms with Crippen LogP contribution in [0.2, 0.25) is 0 Å². The van der Waals surface area contributed by atoms with Gasteiger partial charge in [-0.1, -0.05) is 0 Å². The van der Waals surface area contributed by atoms with Crippen LogP contribution in [0.25, 0.3) is 0 Å². The van der Waals surface area contributed by atoms with E-state index in [0.29, 0.717) is 17.0 Å². The van der Waals surface area contributed by atoms with Crippen LogP contribution in [-0.2, 0) is 13.6 Å². The van der Waals surface area contributed by atoms with E-state index < -0.39 is 24.8 Å². The number of H-pyrrole nitrogens is 1. The number of nitrogens with one attached hydrogen (secondary N) is 1. The van der Waals surface area contributed by atoms with E-state index in [1.165, 1.54) is 0 Å². The molecule has 2 rings (SSSR count). The van der Waals surface area contributed by atoms with Crippen LogP contribution in [0.15, 0.2) is 15.8 Å². The average Bonchev–Trinajstić information content (AvgIpc) is 2.24. The first kappa shape index (κ1) is 11.3. The summed E-state index contributed by atoms with van der Waals surface area (Å²) in [6, 6.07) is 0. The Morgan fingerprint density at radius 3 is 2.62 bits per heavy atom. The van der Waals surface area contributed by atoms with E-state index in [4.69, 9.17) is 9.05 Å². The molecule has 0 aromatic carbocycles. The van der Waals surface area contributed by atoms with Gasteiger partial charge in [0.1, 0.15) is 0 Å². The van der Waals surface area contributed by atoms with Gasteiger partial charge in [0.05, 0.1) is 19.4 Å². The maximum atomic E-state index is 12.9. The second-order valence-corrected chi connectivity index (χ2v) is 4.95. The summed E-state index contributed by atoms with van der Waals surface area (Å²) in [4.78, 5) is 23.7. The number of aromatic amines is 1. The lowest BCUT2D eigenvalue weighted by Gasteiger charge is -2.23. The summed E-state index contributed by atoms with van der Waals surface area (Å²) in [5.41, 5.74) is -2.21. The molecule has 0 amide bonds. The van der Waals surface area contributed by atoms with Crippen molar-refractivity contribution in [3.8, 4) is 0 Å². The molecule has 88 valence electrons. The summed E-state index contributed by atoms with van der Waals surface area (Å²) in [5.74, 6) is -1.23. The molecule has 0 aliphatic carbocycles. The van der Waals surface area contributed by atoms with E-state index in [1.807, 2.05) is 0 Å². The highest BCUT2D eigenvalue weighted by atomic mass is 31.2. The molecule has 1 aromatic heterocycles. The Morgan fingerprint density at radius 1 is 1.38 bits per heavy atom. The highest BCUT2D eigenvalue weighted by Crippen LogP contribution is 2.50. The van der Waals surface area contributed by atoms with Gasteiger partial charge in [0.25, 0.3) is 5.56 Å². The van der Waals surface area contributed by atoms with E-state index >= 15 is 0 Å². The van der Waals surface area contributed by atoms with Crippen molar-refractivity contribution in [3.63, 3.8) is 0 Å². The van der Waals surface area contributed by atoms with Crippen molar-refractivity contribution in [2.24, 2.45) is 0 Å². The summed E-state index contributed by atoms with van der Waals surface area (Å²) in [6.07, 6.45) is 1.05. The molecule has 16 heavy (non-hydrogen) atoms. The smallest absolute Gasteiger partial charge is 0.292 e. The second-order valence-electron chi connectivity index (χ2n) is 3.07. The summed E-state index contributed by atoms with van der Waals surface area (Å²) < 4.78 is 35.0. The second kappa shape index (κ2) is 3.97. The number of rotatable bonds is 1. The minimum Gasteiger partial charge on any atom is -0.292 e. The van der Waals surface area contributed by atoms with E-state index in [9.17, 15) is 18.5 Å². The standard InChI is InChI=1S/C7H8FN2O5P/c8-5-4-10(7(12)9-6(5)11)16(13)14-2-1-3-15-16/h4H,1-3H2,(H,9,11,12). The molecule has 0 atom stereocenters. The van der Waals surface area contributed by atoms with Crippen molar-refractivity contribution in [2.45, 2.75) is 6.42 Å². The molecule has 9 heteroatoms. The quantitative estimate of drug-likeness (QED) is 0.712. The highest BCUT2D eigenvalue weighted by molar-refractivity contribution is 7.52. The minimum absolute atomic E-state index is 0.143. The third-order valence-corrected chi connectivity index (χ3v) is 3.79. The largest absolute Gasteiger partial charge is 0.443 e. The molecule has 0 radical (unpaired) electrons. The normalized spacial score (nSPS) is 19.6. The van der Waals surface area contributed by atoms with Crippen LogP contribution in [0.3, 0.4) is 0 Å². The lowest BCUT2D eigenvalue weighted by molar-refractivity contribution is 0.139. The third kappa shape index (κ3) is 1.87. The van der Waals surface area contributed by atoms with Crippen molar-refractivity contribution in [2.75, 3.05) is 13.2 Å². The van der Waals surface area contributed by atoms with Gasteiger partial charge in [-0.05, 0) is 6.42 Å². The van der Waals surface area contributed by atoms with E-state index in [1.54, 1.807) is 4.98 Å². The van der Waals surface area contributed by atoms with Crippen LogP contribution in [-0.4, -0.2) is 22.5 Å². The van der Waals surface area contributed by atoms with Crippen molar-refractivity contribution >= 4 is 7.75 Å². The molecule has 2 heterocycles. The van der Waals surface area contributed by atoms with Gasteiger partial charge in [-0.3, -0.25) is 18.8 Å². The molecule has 0 saturated carbocycles. The topological polar surface area (TPSA) is 90.4 Å². The maximum absolute atomic E-state index is 12.9.